The lowest BCUT2D eigenvalue weighted by molar-refractivity contribution is -0.146. The number of hydrogen-bond donors (Lipinski definition) is 4. The van der Waals surface area contributed by atoms with Gasteiger partial charge in [0.1, 0.15) is 41.8 Å². The molecule has 1 saturated heterocycles. The summed E-state index contributed by atoms with van der Waals surface area (Å²) in [4.78, 5) is 20.6. The Balaban J connectivity index is 1.50. The number of anilines is 1. The van der Waals surface area contributed by atoms with Crippen LogP contribution in [0.15, 0.2) is 42.9 Å². The van der Waals surface area contributed by atoms with Crippen molar-refractivity contribution in [1.82, 2.24) is 24.7 Å². The molecule has 15 heteroatoms. The summed E-state index contributed by atoms with van der Waals surface area (Å²) < 4.78 is 38.1. The fourth-order valence-electron chi connectivity index (χ4n) is 4.58. The SMILES string of the molecule is CCC(CC)COC(=O)[C@H](C)NP(=O)(OC[C@H]1O[C@@](C)(c2ccc3c(N)ncnn23)[C@H](O)[C@@H]1O)Oc1ccccn1. The van der Waals surface area contributed by atoms with Crippen molar-refractivity contribution in [3.63, 3.8) is 0 Å². The molecule has 41 heavy (non-hydrogen) atoms. The summed E-state index contributed by atoms with van der Waals surface area (Å²) in [6.45, 7) is 6.84. The van der Waals surface area contributed by atoms with Gasteiger partial charge in [-0.1, -0.05) is 32.8 Å². The normalized spacial score (nSPS) is 24.8. The van der Waals surface area contributed by atoms with E-state index in [9.17, 15) is 19.6 Å². The summed E-state index contributed by atoms with van der Waals surface area (Å²) in [6, 6.07) is 7.01. The second-order valence-corrected chi connectivity index (χ2v) is 11.8. The number of nitrogens with one attached hydrogen (secondary N) is 1. The van der Waals surface area contributed by atoms with E-state index in [4.69, 9.17) is 24.3 Å². The highest BCUT2D eigenvalue weighted by Gasteiger charge is 2.54. The van der Waals surface area contributed by atoms with Crippen LogP contribution in [0.4, 0.5) is 5.82 Å². The van der Waals surface area contributed by atoms with Gasteiger partial charge in [0.2, 0.25) is 5.88 Å². The van der Waals surface area contributed by atoms with Crippen molar-refractivity contribution >= 4 is 25.1 Å². The minimum absolute atomic E-state index is 0.0179. The summed E-state index contributed by atoms with van der Waals surface area (Å²) in [5, 5.41) is 28.7. The molecule has 4 heterocycles. The zero-order valence-electron chi connectivity index (χ0n) is 23.4. The first-order chi connectivity index (χ1) is 19.5. The Bertz CT molecular complexity index is 1370. The van der Waals surface area contributed by atoms with Gasteiger partial charge in [-0.05, 0) is 38.0 Å². The largest absolute Gasteiger partial charge is 0.464 e. The number of carbonyl (C=O) groups excluding carboxylic acids is 1. The van der Waals surface area contributed by atoms with Crippen LogP contribution in [0.5, 0.6) is 5.88 Å². The van der Waals surface area contributed by atoms with Gasteiger partial charge in [-0.2, -0.15) is 10.2 Å². The van der Waals surface area contributed by atoms with E-state index in [-0.39, 0.29) is 24.2 Å². The van der Waals surface area contributed by atoms with Gasteiger partial charge in [-0.15, -0.1) is 0 Å². The highest BCUT2D eigenvalue weighted by atomic mass is 31.2. The number of aliphatic hydroxyl groups excluding tert-OH is 2. The van der Waals surface area contributed by atoms with Gasteiger partial charge < -0.3 is 29.9 Å². The summed E-state index contributed by atoms with van der Waals surface area (Å²) >= 11 is 0. The Hall–Kier alpha value is -3.13. The molecule has 0 spiro atoms. The average molecular weight is 593 g/mol. The number of ether oxygens (including phenoxy) is 2. The molecule has 4 rings (SSSR count). The molecule has 0 aliphatic carbocycles. The van der Waals surface area contributed by atoms with E-state index in [0.29, 0.717) is 11.2 Å². The van der Waals surface area contributed by atoms with Crippen molar-refractivity contribution in [1.29, 1.82) is 0 Å². The zero-order valence-corrected chi connectivity index (χ0v) is 24.3. The van der Waals surface area contributed by atoms with Crippen LogP contribution >= 0.6 is 7.75 Å². The van der Waals surface area contributed by atoms with Crippen LogP contribution < -0.4 is 15.3 Å². The van der Waals surface area contributed by atoms with Gasteiger partial charge in [0.15, 0.2) is 5.82 Å². The van der Waals surface area contributed by atoms with Crippen molar-refractivity contribution in [3.8, 4) is 5.88 Å². The van der Waals surface area contributed by atoms with Gasteiger partial charge in [0.05, 0.1) is 18.9 Å². The second-order valence-electron chi connectivity index (χ2n) is 10.1. The van der Waals surface area contributed by atoms with Crippen LogP contribution in [0.3, 0.4) is 0 Å². The first kappa shape index (κ1) is 30.8. The van der Waals surface area contributed by atoms with Crippen LogP contribution in [0.25, 0.3) is 5.52 Å². The highest BCUT2D eigenvalue weighted by molar-refractivity contribution is 7.52. The molecule has 5 N–H and O–H groups in total. The average Bonchev–Trinajstić information content (AvgIpc) is 3.49. The van der Waals surface area contributed by atoms with E-state index in [1.807, 2.05) is 13.8 Å². The molecule has 0 saturated carbocycles. The number of rotatable bonds is 13. The predicted octanol–water partition coefficient (Wildman–Crippen LogP) is 2.20. The van der Waals surface area contributed by atoms with E-state index < -0.39 is 50.3 Å². The molecule has 1 aliphatic heterocycles. The first-order valence-electron chi connectivity index (χ1n) is 13.4. The maximum atomic E-state index is 13.9. The third kappa shape index (κ3) is 6.69. The van der Waals surface area contributed by atoms with Crippen LogP contribution in [0, 0.1) is 5.92 Å². The Morgan fingerprint density at radius 3 is 2.68 bits per heavy atom. The molecule has 1 fully saturated rings. The fraction of sp³-hybridized carbons (Fsp3) is 0.538. The van der Waals surface area contributed by atoms with Gasteiger partial charge in [0.25, 0.3) is 0 Å². The zero-order chi connectivity index (χ0) is 29.8. The number of pyridine rings is 1. The Kier molecular flexibility index (Phi) is 9.62. The molecule has 0 aromatic carbocycles. The molecular formula is C26H37N6O8P. The Labute approximate surface area is 237 Å². The maximum absolute atomic E-state index is 13.9. The fourth-order valence-corrected chi connectivity index (χ4v) is 6.04. The van der Waals surface area contributed by atoms with Gasteiger partial charge >= 0.3 is 13.7 Å². The van der Waals surface area contributed by atoms with E-state index in [2.05, 4.69) is 20.2 Å². The smallest absolute Gasteiger partial charge is 0.460 e. The Morgan fingerprint density at radius 2 is 2.00 bits per heavy atom. The van der Waals surface area contributed by atoms with Crippen molar-refractivity contribution in [2.24, 2.45) is 5.92 Å². The maximum Gasteiger partial charge on any atom is 0.460 e. The van der Waals surface area contributed by atoms with Crippen molar-refractivity contribution in [3.05, 3.63) is 48.5 Å². The second kappa shape index (κ2) is 12.8. The van der Waals surface area contributed by atoms with E-state index in [1.165, 1.54) is 30.0 Å². The van der Waals surface area contributed by atoms with Gasteiger partial charge in [0, 0.05) is 12.3 Å². The number of nitrogen functional groups attached to an aromatic ring is 1. The van der Waals surface area contributed by atoms with Gasteiger partial charge in [-0.25, -0.2) is 19.0 Å². The van der Waals surface area contributed by atoms with Crippen molar-refractivity contribution in [2.45, 2.75) is 70.5 Å². The van der Waals surface area contributed by atoms with E-state index in [1.54, 1.807) is 31.2 Å². The quantitative estimate of drug-likeness (QED) is 0.167. The lowest BCUT2D eigenvalue weighted by Gasteiger charge is -2.27. The molecule has 3 aromatic rings. The van der Waals surface area contributed by atoms with Gasteiger partial charge in [-0.3, -0.25) is 9.32 Å². The molecule has 0 amide bonds. The molecule has 3 aromatic heterocycles. The number of aromatic nitrogens is 4. The molecule has 0 bridgehead atoms. The standard InChI is InChI=1S/C26H37N6O8P/c1-5-17(6-2)13-37-25(35)16(3)31-41(36,40-21-9-7-8-12-28-21)38-14-19-22(33)23(34)26(4,39-19)20-11-10-18-24(27)29-15-30-32(18)20/h7-12,15-17,19,22-23,33-34H,5-6,13-14H2,1-4H3,(H,31,36)(H2,27,29,30)/t16-,19+,22+,23+,26-,41?/m0/s1. The topological polar surface area (TPSA) is 193 Å². The molecular weight excluding hydrogens is 555 g/mol. The molecule has 1 aliphatic rings. The monoisotopic (exact) mass is 592 g/mol. The predicted molar refractivity (Wildman–Crippen MR) is 148 cm³/mol. The van der Waals surface area contributed by atoms with Crippen LogP contribution in [-0.4, -0.2) is 73.3 Å². The summed E-state index contributed by atoms with van der Waals surface area (Å²) in [6.07, 6.45) is 0.425. The third-order valence-electron chi connectivity index (χ3n) is 7.24. The van der Waals surface area contributed by atoms with E-state index >= 15 is 0 Å². The summed E-state index contributed by atoms with van der Waals surface area (Å²) in [5.74, 6) is -0.210. The number of nitrogens with zero attached hydrogens (tertiary/aromatic N) is 4. The third-order valence-corrected chi connectivity index (χ3v) is 8.86. The summed E-state index contributed by atoms with van der Waals surface area (Å²) in [7, 11) is -4.29. The minimum atomic E-state index is -4.29. The first-order valence-corrected chi connectivity index (χ1v) is 15.0. The number of nitrogens with two attached hydrogens (primary N) is 1. The molecule has 14 nitrogen and oxygen atoms in total. The lowest BCUT2D eigenvalue weighted by Crippen LogP contribution is -2.40. The van der Waals surface area contributed by atoms with Crippen LogP contribution in [0.1, 0.15) is 46.2 Å². The molecule has 1 unspecified atom stereocenters. The molecule has 0 radical (unpaired) electrons. The van der Waals surface area contributed by atoms with Crippen LogP contribution in [0.2, 0.25) is 0 Å². The van der Waals surface area contributed by atoms with Crippen molar-refractivity contribution in [2.75, 3.05) is 18.9 Å². The highest BCUT2D eigenvalue weighted by Crippen LogP contribution is 2.47. The number of fused-ring (bicyclic) bond motifs is 1. The number of aliphatic hydroxyl groups is 2. The van der Waals surface area contributed by atoms with Crippen molar-refractivity contribution < 1.29 is 38.1 Å². The molecule has 224 valence electrons. The van der Waals surface area contributed by atoms with Crippen LogP contribution in [-0.2, 0) is 29.0 Å². The number of carbonyl (C=O) groups is 1. The number of esters is 1. The lowest BCUT2D eigenvalue weighted by atomic mass is 9.93. The Morgan fingerprint density at radius 1 is 1.24 bits per heavy atom. The number of hydrogen-bond acceptors (Lipinski definition) is 12. The summed E-state index contributed by atoms with van der Waals surface area (Å²) in [5.41, 5.74) is 5.40. The molecule has 6 atom stereocenters. The minimum Gasteiger partial charge on any atom is -0.464 e. The van der Waals surface area contributed by atoms with E-state index in [0.717, 1.165) is 12.8 Å².